The molecule has 5 heteroatoms. The Labute approximate surface area is 134 Å². The minimum absolute atomic E-state index is 0.0507. The summed E-state index contributed by atoms with van der Waals surface area (Å²) in [4.78, 5) is 12.0. The maximum Gasteiger partial charge on any atom is 0.163 e. The first-order valence-corrected chi connectivity index (χ1v) is 6.98. The summed E-state index contributed by atoms with van der Waals surface area (Å²) in [6, 6.07) is 12.0. The van der Waals surface area contributed by atoms with Gasteiger partial charge in [0, 0.05) is 24.6 Å². The predicted molar refractivity (Wildman–Crippen MR) is 87.0 cm³/mol. The van der Waals surface area contributed by atoms with Crippen molar-refractivity contribution in [2.24, 2.45) is 0 Å². The molecule has 0 aliphatic rings. The molecule has 2 aromatic rings. The number of allylic oxidation sites excluding steroid dienone is 1. The summed E-state index contributed by atoms with van der Waals surface area (Å²) in [5.74, 6) is -0.286. The lowest BCUT2D eigenvalue weighted by Crippen LogP contribution is -2.01. The van der Waals surface area contributed by atoms with Gasteiger partial charge in [0.1, 0.15) is 28.6 Å². The zero-order valence-electron chi connectivity index (χ0n) is 12.9. The Bertz CT molecular complexity index is 720. The van der Waals surface area contributed by atoms with Crippen LogP contribution in [0.4, 0.5) is 0 Å². The van der Waals surface area contributed by atoms with Gasteiger partial charge in [-0.3, -0.25) is 4.79 Å². The van der Waals surface area contributed by atoms with Gasteiger partial charge in [0.2, 0.25) is 0 Å². The largest absolute Gasteiger partial charge is 0.507 e. The van der Waals surface area contributed by atoms with Crippen molar-refractivity contribution in [2.45, 2.75) is 6.42 Å². The van der Waals surface area contributed by atoms with Crippen LogP contribution < -0.4 is 9.47 Å². The van der Waals surface area contributed by atoms with E-state index in [9.17, 15) is 15.0 Å². The third kappa shape index (κ3) is 4.03. The number of ketones is 1. The van der Waals surface area contributed by atoms with Crippen molar-refractivity contribution >= 4 is 11.5 Å². The average Bonchev–Trinajstić information content (AvgIpc) is 2.54. The minimum atomic E-state index is -0.358. The molecule has 0 radical (unpaired) electrons. The maximum absolute atomic E-state index is 12.0. The lowest BCUT2D eigenvalue weighted by atomic mass is 10.1. The maximum atomic E-state index is 12.0. The molecule has 2 rings (SSSR count). The van der Waals surface area contributed by atoms with Crippen molar-refractivity contribution in [2.75, 3.05) is 14.2 Å². The van der Waals surface area contributed by atoms with E-state index >= 15 is 0 Å². The normalized spacial score (nSPS) is 11.1. The summed E-state index contributed by atoms with van der Waals surface area (Å²) < 4.78 is 10.2. The SMILES string of the molecule is COc1cc(O)c(/C(O)=C/C(=O)Cc2ccccc2)c(OC)c1. The van der Waals surface area contributed by atoms with Gasteiger partial charge >= 0.3 is 0 Å². The Morgan fingerprint density at radius 1 is 1.13 bits per heavy atom. The fourth-order valence-corrected chi connectivity index (χ4v) is 2.19. The Kier molecular flexibility index (Phi) is 5.25. The van der Waals surface area contributed by atoms with Crippen molar-refractivity contribution in [3.05, 3.63) is 59.7 Å². The van der Waals surface area contributed by atoms with E-state index in [0.29, 0.717) is 5.75 Å². The summed E-state index contributed by atoms with van der Waals surface area (Å²) in [5, 5.41) is 20.2. The van der Waals surface area contributed by atoms with Crippen LogP contribution in [-0.2, 0) is 11.2 Å². The molecule has 5 nitrogen and oxygen atoms in total. The number of aliphatic hydroxyl groups is 1. The molecule has 0 spiro atoms. The molecule has 0 unspecified atom stereocenters. The molecule has 0 fully saturated rings. The number of benzene rings is 2. The number of aliphatic hydroxyl groups excluding tert-OH is 1. The fraction of sp³-hybridized carbons (Fsp3) is 0.167. The van der Waals surface area contributed by atoms with E-state index in [2.05, 4.69) is 0 Å². The molecule has 120 valence electrons. The number of ether oxygens (including phenoxy) is 2. The third-order valence-corrected chi connectivity index (χ3v) is 3.29. The van der Waals surface area contributed by atoms with Crippen molar-refractivity contribution in [3.8, 4) is 17.2 Å². The Hall–Kier alpha value is -2.95. The van der Waals surface area contributed by atoms with Crippen molar-refractivity contribution in [1.82, 2.24) is 0 Å². The second-order valence-corrected chi connectivity index (χ2v) is 4.88. The van der Waals surface area contributed by atoms with Crippen LogP contribution in [0.1, 0.15) is 11.1 Å². The Morgan fingerprint density at radius 3 is 2.43 bits per heavy atom. The molecular formula is C18H18O5. The van der Waals surface area contributed by atoms with Crippen molar-refractivity contribution in [1.29, 1.82) is 0 Å². The Balaban J connectivity index is 2.28. The van der Waals surface area contributed by atoms with E-state index in [4.69, 9.17) is 9.47 Å². The first kappa shape index (κ1) is 16.4. The van der Waals surface area contributed by atoms with E-state index in [1.165, 1.54) is 26.4 Å². The van der Waals surface area contributed by atoms with Crippen LogP contribution in [0.5, 0.6) is 17.2 Å². The number of carbonyl (C=O) groups is 1. The van der Waals surface area contributed by atoms with Gasteiger partial charge in [-0.15, -0.1) is 0 Å². The number of phenols is 1. The van der Waals surface area contributed by atoms with Crippen LogP contribution in [0.15, 0.2) is 48.5 Å². The molecule has 0 amide bonds. The molecule has 0 aliphatic heterocycles. The zero-order valence-corrected chi connectivity index (χ0v) is 12.9. The first-order valence-electron chi connectivity index (χ1n) is 6.98. The number of methoxy groups -OCH3 is 2. The number of aromatic hydroxyl groups is 1. The van der Waals surface area contributed by atoms with Crippen LogP contribution in [0.25, 0.3) is 5.76 Å². The highest BCUT2D eigenvalue weighted by Crippen LogP contribution is 2.37. The highest BCUT2D eigenvalue weighted by atomic mass is 16.5. The second-order valence-electron chi connectivity index (χ2n) is 4.88. The standard InChI is InChI=1S/C18H18O5/c1-22-14-10-16(21)18(17(11-14)23-2)15(20)9-13(19)8-12-6-4-3-5-7-12/h3-7,9-11,20-21H,8H2,1-2H3/b15-9-. The topological polar surface area (TPSA) is 76.0 Å². The molecule has 23 heavy (non-hydrogen) atoms. The van der Waals surface area contributed by atoms with E-state index in [1.54, 1.807) is 0 Å². The quantitative estimate of drug-likeness (QED) is 0.633. The van der Waals surface area contributed by atoms with Gasteiger partial charge in [0.25, 0.3) is 0 Å². The average molecular weight is 314 g/mol. The Morgan fingerprint density at radius 2 is 1.83 bits per heavy atom. The molecule has 0 aliphatic carbocycles. The summed E-state index contributed by atoms with van der Waals surface area (Å²) in [5.41, 5.74) is 0.891. The third-order valence-electron chi connectivity index (χ3n) is 3.29. The summed E-state index contributed by atoms with van der Waals surface area (Å²) >= 11 is 0. The first-order chi connectivity index (χ1) is 11.0. The zero-order chi connectivity index (χ0) is 16.8. The molecule has 2 aromatic carbocycles. The fourth-order valence-electron chi connectivity index (χ4n) is 2.19. The highest BCUT2D eigenvalue weighted by Gasteiger charge is 2.16. The van der Waals surface area contributed by atoms with Crippen LogP contribution in [0.2, 0.25) is 0 Å². The number of rotatable bonds is 6. The molecule has 0 saturated carbocycles. The van der Waals surface area contributed by atoms with Crippen LogP contribution in [0.3, 0.4) is 0 Å². The number of hydrogen-bond donors (Lipinski definition) is 2. The van der Waals surface area contributed by atoms with Gasteiger partial charge in [0.05, 0.1) is 14.2 Å². The molecule has 0 saturated heterocycles. The second kappa shape index (κ2) is 7.35. The number of hydrogen-bond acceptors (Lipinski definition) is 5. The van der Waals surface area contributed by atoms with Gasteiger partial charge in [-0.25, -0.2) is 0 Å². The van der Waals surface area contributed by atoms with Crippen molar-refractivity contribution < 1.29 is 24.5 Å². The molecule has 0 aromatic heterocycles. The van der Waals surface area contributed by atoms with Gasteiger partial charge in [0.15, 0.2) is 5.78 Å². The highest BCUT2D eigenvalue weighted by molar-refractivity contribution is 5.97. The lowest BCUT2D eigenvalue weighted by Gasteiger charge is -2.12. The minimum Gasteiger partial charge on any atom is -0.507 e. The summed E-state index contributed by atoms with van der Waals surface area (Å²) in [7, 11) is 2.85. The molecular weight excluding hydrogens is 296 g/mol. The number of phenolic OH excluding ortho intramolecular Hbond substituents is 1. The van der Waals surface area contributed by atoms with Crippen molar-refractivity contribution in [3.63, 3.8) is 0 Å². The van der Waals surface area contributed by atoms with E-state index in [1.807, 2.05) is 30.3 Å². The molecule has 0 heterocycles. The van der Waals surface area contributed by atoms with Crippen LogP contribution >= 0.6 is 0 Å². The predicted octanol–water partition coefficient (Wildman–Crippen LogP) is 3.12. The molecule has 0 bridgehead atoms. The van der Waals surface area contributed by atoms with E-state index < -0.39 is 0 Å². The van der Waals surface area contributed by atoms with Gasteiger partial charge < -0.3 is 19.7 Å². The molecule has 2 N–H and O–H groups in total. The lowest BCUT2D eigenvalue weighted by molar-refractivity contribution is -0.114. The van der Waals surface area contributed by atoms with E-state index in [-0.39, 0.29) is 35.0 Å². The van der Waals surface area contributed by atoms with Crippen LogP contribution in [-0.4, -0.2) is 30.2 Å². The van der Waals surface area contributed by atoms with Gasteiger partial charge in [-0.1, -0.05) is 30.3 Å². The molecule has 0 atom stereocenters. The van der Waals surface area contributed by atoms with Gasteiger partial charge in [-0.05, 0) is 5.56 Å². The monoisotopic (exact) mass is 314 g/mol. The summed E-state index contributed by atoms with van der Waals surface area (Å²) in [6.45, 7) is 0. The smallest absolute Gasteiger partial charge is 0.163 e. The summed E-state index contributed by atoms with van der Waals surface area (Å²) in [6.07, 6.45) is 1.24. The van der Waals surface area contributed by atoms with E-state index in [0.717, 1.165) is 11.6 Å². The number of carbonyl (C=O) groups excluding carboxylic acids is 1. The van der Waals surface area contributed by atoms with Gasteiger partial charge in [-0.2, -0.15) is 0 Å². The van der Waals surface area contributed by atoms with Crippen LogP contribution in [0, 0.1) is 0 Å².